The second-order valence-electron chi connectivity index (χ2n) is 13.8. The summed E-state index contributed by atoms with van der Waals surface area (Å²) in [7, 11) is 0. The summed E-state index contributed by atoms with van der Waals surface area (Å²) in [5, 5.41) is 10.1. The largest absolute Gasteiger partial charge is 0.512 e. The Labute approximate surface area is 219 Å². The molecule has 1 unspecified atom stereocenters. The Kier molecular flexibility index (Phi) is 12.2. The van der Waals surface area contributed by atoms with Gasteiger partial charge in [0.1, 0.15) is 11.4 Å². The Hall–Kier alpha value is -1.18. The maximum absolute atomic E-state index is 10.1. The van der Waals surface area contributed by atoms with Crippen LogP contribution < -0.4 is 0 Å². The van der Waals surface area contributed by atoms with E-state index in [-0.39, 0.29) is 5.60 Å². The van der Waals surface area contributed by atoms with Gasteiger partial charge >= 0.3 is 0 Å². The van der Waals surface area contributed by atoms with E-state index in [4.69, 9.17) is 4.74 Å². The Morgan fingerprint density at radius 1 is 0.943 bits per heavy atom. The van der Waals surface area contributed by atoms with Gasteiger partial charge in [-0.25, -0.2) is 0 Å². The van der Waals surface area contributed by atoms with E-state index in [2.05, 4.69) is 75.3 Å². The number of aliphatic hydroxyl groups excluding tert-OH is 1. The zero-order chi connectivity index (χ0) is 27.0. The van der Waals surface area contributed by atoms with E-state index >= 15 is 0 Å². The Morgan fingerprint density at radius 2 is 1.49 bits per heavy atom. The Bertz CT molecular complexity index is 758. The van der Waals surface area contributed by atoms with Gasteiger partial charge in [0.2, 0.25) is 0 Å². The fourth-order valence-electron chi connectivity index (χ4n) is 5.40. The van der Waals surface area contributed by atoms with Crippen molar-refractivity contribution in [3.63, 3.8) is 0 Å². The molecule has 1 aliphatic heterocycles. The second kappa shape index (κ2) is 13.4. The van der Waals surface area contributed by atoms with Gasteiger partial charge in [-0.15, -0.1) is 0 Å². The van der Waals surface area contributed by atoms with E-state index in [1.54, 1.807) is 6.92 Å². The summed E-state index contributed by atoms with van der Waals surface area (Å²) in [5.74, 6) is 2.68. The summed E-state index contributed by atoms with van der Waals surface area (Å²) in [6.45, 7) is 27.2. The molecular weight excluding hydrogens is 428 g/mol. The van der Waals surface area contributed by atoms with Crippen molar-refractivity contribution in [1.82, 2.24) is 0 Å². The number of rotatable bonds is 14. The number of aliphatic hydroxyl groups is 1. The highest BCUT2D eigenvalue weighted by Gasteiger charge is 2.39. The zero-order valence-corrected chi connectivity index (χ0v) is 25.7. The number of hydrogen-bond acceptors (Lipinski definition) is 2. The van der Waals surface area contributed by atoms with Gasteiger partial charge < -0.3 is 9.84 Å². The van der Waals surface area contributed by atoms with Crippen LogP contribution in [0.3, 0.4) is 0 Å². The summed E-state index contributed by atoms with van der Waals surface area (Å²) >= 11 is 0. The highest BCUT2D eigenvalue weighted by atomic mass is 16.5. The molecule has 0 aromatic rings. The number of hydrogen-bond donors (Lipinski definition) is 1. The Morgan fingerprint density at radius 3 is 2.00 bits per heavy atom. The molecule has 2 atom stereocenters. The van der Waals surface area contributed by atoms with Crippen LogP contribution in [0.2, 0.25) is 0 Å². The molecule has 1 aliphatic rings. The first-order valence-corrected chi connectivity index (χ1v) is 14.5. The standard InChI is InChI=1S/C33H60O2/c1-13-25(4)30-29(27(6)28(7)34)18-23-33(12,35-30)26(5)17-22-32(10,11)21-15-20-31(8,9)19-14-16-24(2)3/h13,24,26,34H,14-23H2,1-12H3/b25-13+,28-27+/t26?,33-/m0/s1. The minimum atomic E-state index is -0.165. The van der Waals surface area contributed by atoms with Crippen molar-refractivity contribution in [2.75, 3.05) is 0 Å². The van der Waals surface area contributed by atoms with E-state index in [9.17, 15) is 5.11 Å². The third-order valence-corrected chi connectivity index (χ3v) is 8.91. The maximum Gasteiger partial charge on any atom is 0.126 e. The molecule has 0 saturated carbocycles. The summed E-state index contributed by atoms with van der Waals surface area (Å²) in [6.07, 6.45) is 14.5. The molecular formula is C33H60O2. The lowest BCUT2D eigenvalue weighted by Gasteiger charge is -2.43. The molecule has 2 nitrogen and oxygen atoms in total. The zero-order valence-electron chi connectivity index (χ0n) is 25.7. The van der Waals surface area contributed by atoms with Crippen molar-refractivity contribution < 1.29 is 9.84 Å². The first kappa shape index (κ1) is 31.8. The normalized spacial score (nSPS) is 21.8. The molecule has 204 valence electrons. The fourth-order valence-corrected chi connectivity index (χ4v) is 5.40. The highest BCUT2D eigenvalue weighted by molar-refractivity contribution is 5.42. The van der Waals surface area contributed by atoms with E-state index in [0.29, 0.717) is 22.5 Å². The van der Waals surface area contributed by atoms with Crippen LogP contribution in [-0.2, 0) is 4.74 Å². The summed E-state index contributed by atoms with van der Waals surface area (Å²) in [5.41, 5.74) is 3.96. The first-order valence-electron chi connectivity index (χ1n) is 14.5. The first-order chi connectivity index (χ1) is 16.0. The third-order valence-electron chi connectivity index (χ3n) is 8.91. The quantitative estimate of drug-likeness (QED) is 0.246. The molecule has 1 heterocycles. The molecule has 0 spiro atoms. The summed E-state index contributed by atoms with van der Waals surface area (Å²) in [6, 6.07) is 0. The van der Waals surface area contributed by atoms with Crippen LogP contribution in [0.25, 0.3) is 0 Å². The lowest BCUT2D eigenvalue weighted by molar-refractivity contribution is -0.0472. The molecule has 1 N–H and O–H groups in total. The van der Waals surface area contributed by atoms with E-state index in [1.807, 2.05) is 6.92 Å². The van der Waals surface area contributed by atoms with Gasteiger partial charge in [-0.2, -0.15) is 0 Å². The van der Waals surface area contributed by atoms with Gasteiger partial charge in [0, 0.05) is 5.57 Å². The molecule has 2 heteroatoms. The minimum Gasteiger partial charge on any atom is -0.512 e. The van der Waals surface area contributed by atoms with Crippen LogP contribution >= 0.6 is 0 Å². The second-order valence-corrected chi connectivity index (χ2v) is 13.8. The molecule has 0 bridgehead atoms. The van der Waals surface area contributed by atoms with Gasteiger partial charge in [0.15, 0.2) is 0 Å². The van der Waals surface area contributed by atoms with Crippen LogP contribution in [0.1, 0.15) is 147 Å². The van der Waals surface area contributed by atoms with Gasteiger partial charge in [-0.3, -0.25) is 0 Å². The Balaban J connectivity index is 2.72. The number of ether oxygens (including phenoxy) is 1. The fraction of sp³-hybridized carbons (Fsp3) is 0.818. The molecule has 0 amide bonds. The lowest BCUT2D eigenvalue weighted by atomic mass is 9.73. The predicted octanol–water partition coefficient (Wildman–Crippen LogP) is 11.1. The van der Waals surface area contributed by atoms with Gasteiger partial charge in [-0.05, 0) is 113 Å². The average Bonchev–Trinajstić information content (AvgIpc) is 2.75. The average molecular weight is 489 g/mol. The number of allylic oxidation sites excluding steroid dienone is 5. The van der Waals surface area contributed by atoms with E-state index < -0.39 is 0 Å². The molecule has 0 radical (unpaired) electrons. The topological polar surface area (TPSA) is 29.5 Å². The van der Waals surface area contributed by atoms with Gasteiger partial charge in [-0.1, -0.05) is 73.8 Å². The molecule has 1 rings (SSSR count). The van der Waals surface area contributed by atoms with E-state index in [0.717, 1.165) is 35.7 Å². The van der Waals surface area contributed by atoms with Crippen molar-refractivity contribution in [2.24, 2.45) is 22.7 Å². The summed E-state index contributed by atoms with van der Waals surface area (Å²) in [4.78, 5) is 0. The van der Waals surface area contributed by atoms with Crippen molar-refractivity contribution in [3.05, 3.63) is 34.3 Å². The molecule has 0 aliphatic carbocycles. The monoisotopic (exact) mass is 488 g/mol. The predicted molar refractivity (Wildman–Crippen MR) is 155 cm³/mol. The maximum atomic E-state index is 10.1. The third kappa shape index (κ3) is 10.4. The highest BCUT2D eigenvalue weighted by Crippen LogP contribution is 2.44. The SMILES string of the molecule is C/C=C(\C)C1=C(/C(C)=C(\C)O)CC[C@@](C)(C(C)CCC(C)(C)CCCC(C)(C)CCCC(C)C)O1. The molecule has 0 aromatic carbocycles. The molecule has 0 aromatic heterocycles. The van der Waals surface area contributed by atoms with E-state index in [1.165, 1.54) is 56.9 Å². The van der Waals surface area contributed by atoms with Crippen molar-refractivity contribution >= 4 is 0 Å². The smallest absolute Gasteiger partial charge is 0.126 e. The van der Waals surface area contributed by atoms with Gasteiger partial charge in [0.25, 0.3) is 0 Å². The van der Waals surface area contributed by atoms with Crippen LogP contribution in [0.5, 0.6) is 0 Å². The molecule has 0 saturated heterocycles. The summed E-state index contributed by atoms with van der Waals surface area (Å²) < 4.78 is 6.78. The van der Waals surface area contributed by atoms with Crippen LogP contribution in [0.15, 0.2) is 34.3 Å². The van der Waals surface area contributed by atoms with Crippen molar-refractivity contribution in [1.29, 1.82) is 0 Å². The van der Waals surface area contributed by atoms with Gasteiger partial charge in [0.05, 0.1) is 5.76 Å². The minimum absolute atomic E-state index is 0.165. The molecule has 35 heavy (non-hydrogen) atoms. The lowest BCUT2D eigenvalue weighted by Crippen LogP contribution is -2.39. The van der Waals surface area contributed by atoms with Crippen molar-refractivity contribution in [2.45, 2.75) is 153 Å². The van der Waals surface area contributed by atoms with Crippen LogP contribution in [-0.4, -0.2) is 10.7 Å². The molecule has 0 fully saturated rings. The van der Waals surface area contributed by atoms with Crippen LogP contribution in [0, 0.1) is 22.7 Å². The van der Waals surface area contributed by atoms with Crippen molar-refractivity contribution in [3.8, 4) is 0 Å². The van der Waals surface area contributed by atoms with Crippen LogP contribution in [0.4, 0.5) is 0 Å².